The molecule has 78 valence electrons. The number of carbonyl (C=O) groups is 1. The minimum atomic E-state index is 0.0134. The topological polar surface area (TPSA) is 29.1 Å². The van der Waals surface area contributed by atoms with Crippen LogP contribution in [0, 0.1) is 5.92 Å². The van der Waals surface area contributed by atoms with Gasteiger partial charge in [-0.1, -0.05) is 42.8 Å². The Morgan fingerprint density at radius 3 is 2.53 bits per heavy atom. The molecular weight excluding hydrogens is 186 g/mol. The smallest absolute Gasteiger partial charge is 0.244 e. The van der Waals surface area contributed by atoms with E-state index in [1.54, 1.807) is 6.08 Å². The highest BCUT2D eigenvalue weighted by Gasteiger charge is 2.25. The molecule has 1 aliphatic rings. The predicted octanol–water partition coefficient (Wildman–Crippen LogP) is 2.44. The molecule has 0 saturated carbocycles. The minimum absolute atomic E-state index is 0.0134. The van der Waals surface area contributed by atoms with Crippen molar-refractivity contribution in [2.24, 2.45) is 5.92 Å². The highest BCUT2D eigenvalue weighted by Crippen LogP contribution is 2.29. The Bertz CT molecular complexity index is 394. The van der Waals surface area contributed by atoms with Gasteiger partial charge in [0.15, 0.2) is 0 Å². The maximum absolute atomic E-state index is 11.4. The Hall–Kier alpha value is -1.57. The number of hydrogen-bond acceptors (Lipinski definition) is 1. The first-order valence-corrected chi connectivity index (χ1v) is 5.22. The molecule has 0 bridgehead atoms. The zero-order chi connectivity index (χ0) is 10.8. The van der Waals surface area contributed by atoms with Gasteiger partial charge in [-0.25, -0.2) is 0 Å². The molecule has 15 heavy (non-hydrogen) atoms. The first kappa shape index (κ1) is 9.97. The third-order valence-electron chi connectivity index (χ3n) is 3.03. The van der Waals surface area contributed by atoms with E-state index < -0.39 is 0 Å². The Kier molecular flexibility index (Phi) is 2.58. The minimum Gasteiger partial charge on any atom is -0.345 e. The summed E-state index contributed by atoms with van der Waals surface area (Å²) in [5.74, 6) is 0.379. The lowest BCUT2D eigenvalue weighted by Gasteiger charge is -2.29. The number of benzene rings is 1. The van der Waals surface area contributed by atoms with Crippen molar-refractivity contribution in [1.82, 2.24) is 5.32 Å². The van der Waals surface area contributed by atoms with E-state index in [1.807, 2.05) is 25.1 Å². The fourth-order valence-electron chi connectivity index (χ4n) is 1.95. The highest BCUT2D eigenvalue weighted by molar-refractivity contribution is 5.89. The fourth-order valence-corrected chi connectivity index (χ4v) is 1.95. The first-order valence-electron chi connectivity index (χ1n) is 5.22. The zero-order valence-electron chi connectivity index (χ0n) is 9.03. The Morgan fingerprint density at radius 1 is 1.20 bits per heavy atom. The molecule has 0 aromatic heterocycles. The van der Waals surface area contributed by atoms with E-state index in [4.69, 9.17) is 0 Å². The molecule has 1 heterocycles. The molecule has 0 radical (unpaired) electrons. The Labute approximate surface area is 90.0 Å². The van der Waals surface area contributed by atoms with Gasteiger partial charge in [0.25, 0.3) is 0 Å². The van der Waals surface area contributed by atoms with Crippen molar-refractivity contribution in [2.45, 2.75) is 19.9 Å². The molecule has 2 nitrogen and oxygen atoms in total. The molecule has 0 spiro atoms. The van der Waals surface area contributed by atoms with Crippen LogP contribution in [0.4, 0.5) is 0 Å². The standard InChI is InChI=1S/C13H15NO/c1-9-8-12(15)14-13(10(9)2)11-6-4-3-5-7-11/h3-8,10,13H,1-2H3,(H,14,15)/t10-,13+/m0/s1. The third-order valence-corrected chi connectivity index (χ3v) is 3.03. The van der Waals surface area contributed by atoms with Crippen LogP contribution in [-0.4, -0.2) is 5.91 Å². The van der Waals surface area contributed by atoms with Gasteiger partial charge in [0, 0.05) is 12.0 Å². The molecule has 0 aliphatic carbocycles. The van der Waals surface area contributed by atoms with Gasteiger partial charge in [0.05, 0.1) is 6.04 Å². The third kappa shape index (κ3) is 1.94. The summed E-state index contributed by atoms with van der Waals surface area (Å²) in [6, 6.07) is 10.2. The molecule has 1 aromatic carbocycles. The molecule has 2 rings (SSSR count). The lowest BCUT2D eigenvalue weighted by molar-refractivity contribution is -0.118. The number of rotatable bonds is 1. The summed E-state index contributed by atoms with van der Waals surface area (Å²) in [6.07, 6.45) is 1.68. The van der Waals surface area contributed by atoms with Crippen molar-refractivity contribution < 1.29 is 4.79 Å². The largest absolute Gasteiger partial charge is 0.345 e. The van der Waals surface area contributed by atoms with Crippen molar-refractivity contribution in [2.75, 3.05) is 0 Å². The van der Waals surface area contributed by atoms with Gasteiger partial charge in [-0.3, -0.25) is 4.79 Å². The van der Waals surface area contributed by atoms with E-state index in [1.165, 1.54) is 5.56 Å². The van der Waals surface area contributed by atoms with Crippen molar-refractivity contribution in [3.05, 3.63) is 47.5 Å². The van der Waals surface area contributed by atoms with Gasteiger partial charge in [0.2, 0.25) is 5.91 Å². The van der Waals surface area contributed by atoms with Gasteiger partial charge < -0.3 is 5.32 Å². The molecule has 2 atom stereocenters. The summed E-state index contributed by atoms with van der Waals surface area (Å²) in [5, 5.41) is 3.00. The summed E-state index contributed by atoms with van der Waals surface area (Å²) >= 11 is 0. The van der Waals surface area contributed by atoms with E-state index >= 15 is 0 Å². The van der Waals surface area contributed by atoms with E-state index in [0.29, 0.717) is 5.92 Å². The molecule has 1 N–H and O–H groups in total. The summed E-state index contributed by atoms with van der Waals surface area (Å²) in [4.78, 5) is 11.4. The Morgan fingerprint density at radius 2 is 1.87 bits per heavy atom. The molecule has 0 fully saturated rings. The van der Waals surface area contributed by atoms with Crippen LogP contribution in [0.25, 0.3) is 0 Å². The first-order chi connectivity index (χ1) is 7.18. The number of nitrogens with one attached hydrogen (secondary N) is 1. The van der Waals surface area contributed by atoms with Gasteiger partial charge >= 0.3 is 0 Å². The van der Waals surface area contributed by atoms with Crippen LogP contribution in [0.5, 0.6) is 0 Å². The van der Waals surface area contributed by atoms with Gasteiger partial charge in [-0.15, -0.1) is 0 Å². The Balaban J connectivity index is 2.32. The normalized spacial score (nSPS) is 25.7. The molecule has 0 unspecified atom stereocenters. The number of amides is 1. The second kappa shape index (κ2) is 3.89. The average molecular weight is 201 g/mol. The quantitative estimate of drug-likeness (QED) is 0.743. The molecule has 2 heteroatoms. The van der Waals surface area contributed by atoms with Crippen molar-refractivity contribution in [1.29, 1.82) is 0 Å². The van der Waals surface area contributed by atoms with Gasteiger partial charge in [-0.05, 0) is 12.5 Å². The molecule has 1 aromatic rings. The lowest BCUT2D eigenvalue weighted by atomic mass is 9.86. The summed E-state index contributed by atoms with van der Waals surface area (Å²) in [5.41, 5.74) is 2.32. The second-order valence-electron chi connectivity index (χ2n) is 4.07. The molecule has 1 aliphatic heterocycles. The summed E-state index contributed by atoms with van der Waals surface area (Å²) < 4.78 is 0. The van der Waals surface area contributed by atoms with E-state index in [9.17, 15) is 4.79 Å². The lowest BCUT2D eigenvalue weighted by Crippen LogP contribution is -2.35. The van der Waals surface area contributed by atoms with Crippen LogP contribution in [0.3, 0.4) is 0 Å². The summed E-state index contributed by atoms with van der Waals surface area (Å²) in [7, 11) is 0. The van der Waals surface area contributed by atoms with Crippen molar-refractivity contribution >= 4 is 5.91 Å². The number of carbonyl (C=O) groups excluding carboxylic acids is 1. The molecular formula is C13H15NO. The van der Waals surface area contributed by atoms with Crippen LogP contribution in [0.2, 0.25) is 0 Å². The average Bonchev–Trinajstić information content (AvgIpc) is 2.24. The van der Waals surface area contributed by atoms with E-state index in [-0.39, 0.29) is 11.9 Å². The molecule has 1 amide bonds. The maximum Gasteiger partial charge on any atom is 0.244 e. The van der Waals surface area contributed by atoms with Crippen LogP contribution in [0.15, 0.2) is 42.0 Å². The van der Waals surface area contributed by atoms with E-state index in [2.05, 4.69) is 24.4 Å². The SMILES string of the molecule is CC1=CC(=O)N[C@@H](c2ccccc2)[C@H]1C. The zero-order valence-corrected chi connectivity index (χ0v) is 9.03. The van der Waals surface area contributed by atoms with Crippen LogP contribution in [0.1, 0.15) is 25.5 Å². The van der Waals surface area contributed by atoms with Crippen molar-refractivity contribution in [3.8, 4) is 0 Å². The van der Waals surface area contributed by atoms with Gasteiger partial charge in [-0.2, -0.15) is 0 Å². The van der Waals surface area contributed by atoms with Crippen molar-refractivity contribution in [3.63, 3.8) is 0 Å². The highest BCUT2D eigenvalue weighted by atomic mass is 16.1. The van der Waals surface area contributed by atoms with Crippen LogP contribution >= 0.6 is 0 Å². The van der Waals surface area contributed by atoms with Crippen LogP contribution < -0.4 is 5.32 Å². The van der Waals surface area contributed by atoms with Crippen LogP contribution in [-0.2, 0) is 4.79 Å². The maximum atomic E-state index is 11.4. The second-order valence-corrected chi connectivity index (χ2v) is 4.07. The molecule has 0 saturated heterocycles. The fraction of sp³-hybridized carbons (Fsp3) is 0.308. The number of hydrogen-bond donors (Lipinski definition) is 1. The predicted molar refractivity (Wildman–Crippen MR) is 60.2 cm³/mol. The van der Waals surface area contributed by atoms with Gasteiger partial charge in [0.1, 0.15) is 0 Å². The monoisotopic (exact) mass is 201 g/mol. The summed E-state index contributed by atoms with van der Waals surface area (Å²) in [6.45, 7) is 4.16. The van der Waals surface area contributed by atoms with E-state index in [0.717, 1.165) is 5.57 Å².